The summed E-state index contributed by atoms with van der Waals surface area (Å²) in [5.41, 5.74) is 3.88. The van der Waals surface area contributed by atoms with E-state index < -0.39 is 0 Å². The maximum absolute atomic E-state index is 3.87. The quantitative estimate of drug-likeness (QED) is 0.400. The summed E-state index contributed by atoms with van der Waals surface area (Å²) < 4.78 is 2.63. The normalized spacial score (nSPS) is 11.6. The number of para-hydroxylation sites is 1. The summed E-state index contributed by atoms with van der Waals surface area (Å²) in [6, 6.07) is 15.3. The largest absolute Gasteiger partial charge is 0.337 e. The van der Waals surface area contributed by atoms with Crippen LogP contribution >= 0.6 is 31.9 Å². The summed E-state index contributed by atoms with van der Waals surface area (Å²) in [6.07, 6.45) is 2.92. The molecule has 102 valence electrons. The van der Waals surface area contributed by atoms with Gasteiger partial charge in [-0.2, -0.15) is 0 Å². The third-order valence-electron chi connectivity index (χ3n) is 3.54. The van der Waals surface area contributed by atoms with Gasteiger partial charge in [-0.1, -0.05) is 62.2 Å². The van der Waals surface area contributed by atoms with Crippen LogP contribution in [0.4, 0.5) is 0 Å². The average Bonchev–Trinajstić information content (AvgIpc) is 2.73. The van der Waals surface area contributed by atoms with Gasteiger partial charge >= 0.3 is 0 Å². The van der Waals surface area contributed by atoms with Crippen LogP contribution in [0.5, 0.6) is 0 Å². The number of rotatable bonds is 4. The van der Waals surface area contributed by atoms with E-state index >= 15 is 0 Å². The zero-order chi connectivity index (χ0) is 14.1. The summed E-state index contributed by atoms with van der Waals surface area (Å²) in [4.78, 5) is 0. The lowest BCUT2D eigenvalue weighted by Gasteiger charge is -2.05. The standard InChI is InChI=1S/C17H15Br2N/c1-2-9-20-15-6-4-3-5-13(15)14-10-12(11-17(18)19)7-8-16(14)20/h2-8,10,17H,1,9,11H2. The first kappa shape index (κ1) is 13.9. The van der Waals surface area contributed by atoms with Crippen LogP contribution in [-0.2, 0) is 13.0 Å². The van der Waals surface area contributed by atoms with E-state index in [4.69, 9.17) is 0 Å². The minimum Gasteiger partial charge on any atom is -0.337 e. The zero-order valence-corrected chi connectivity index (χ0v) is 14.2. The molecule has 1 heterocycles. The van der Waals surface area contributed by atoms with Crippen LogP contribution in [0.3, 0.4) is 0 Å². The van der Waals surface area contributed by atoms with Gasteiger partial charge in [-0.15, -0.1) is 6.58 Å². The monoisotopic (exact) mass is 391 g/mol. The molecule has 1 nitrogen and oxygen atoms in total. The van der Waals surface area contributed by atoms with Gasteiger partial charge in [-0.05, 0) is 30.2 Å². The number of hydrogen-bond acceptors (Lipinski definition) is 0. The molecule has 3 heteroatoms. The minimum atomic E-state index is 0.314. The number of benzene rings is 2. The number of allylic oxidation sites excluding steroid dienone is 1. The Bertz CT molecular complexity index is 771. The van der Waals surface area contributed by atoms with Crippen molar-refractivity contribution in [3.05, 3.63) is 60.7 Å². The number of nitrogens with zero attached hydrogens (tertiary/aromatic N) is 1. The van der Waals surface area contributed by atoms with E-state index in [0.29, 0.717) is 3.74 Å². The predicted octanol–water partition coefficient (Wildman–Crippen LogP) is 5.64. The molecule has 3 aromatic rings. The molecule has 0 saturated heterocycles. The first-order valence-electron chi connectivity index (χ1n) is 6.59. The second-order valence-corrected chi connectivity index (χ2v) is 8.30. The Balaban J connectivity index is 2.28. The molecule has 0 atom stereocenters. The average molecular weight is 393 g/mol. The van der Waals surface area contributed by atoms with E-state index in [2.05, 4.69) is 85.5 Å². The van der Waals surface area contributed by atoms with E-state index in [-0.39, 0.29) is 0 Å². The lowest BCUT2D eigenvalue weighted by atomic mass is 10.1. The summed E-state index contributed by atoms with van der Waals surface area (Å²) in [6.45, 7) is 4.71. The van der Waals surface area contributed by atoms with Crippen molar-refractivity contribution in [3.8, 4) is 0 Å². The predicted molar refractivity (Wildman–Crippen MR) is 95.0 cm³/mol. The van der Waals surface area contributed by atoms with Crippen molar-refractivity contribution in [1.29, 1.82) is 0 Å². The molecule has 0 spiro atoms. The molecular formula is C17H15Br2N. The van der Waals surface area contributed by atoms with Gasteiger partial charge in [0.1, 0.15) is 0 Å². The van der Waals surface area contributed by atoms with E-state index in [1.165, 1.54) is 27.4 Å². The highest BCUT2D eigenvalue weighted by Gasteiger charge is 2.10. The van der Waals surface area contributed by atoms with Gasteiger partial charge in [0.25, 0.3) is 0 Å². The van der Waals surface area contributed by atoms with E-state index in [1.807, 2.05) is 6.08 Å². The third-order valence-corrected chi connectivity index (χ3v) is 4.19. The smallest absolute Gasteiger partial charge is 0.0738 e. The fourth-order valence-electron chi connectivity index (χ4n) is 2.73. The Morgan fingerprint density at radius 1 is 1.05 bits per heavy atom. The summed E-state index contributed by atoms with van der Waals surface area (Å²) >= 11 is 7.11. The van der Waals surface area contributed by atoms with Gasteiger partial charge in [0.05, 0.1) is 3.74 Å². The molecule has 0 aliphatic carbocycles. The van der Waals surface area contributed by atoms with Crippen molar-refractivity contribution in [2.24, 2.45) is 0 Å². The molecular weight excluding hydrogens is 378 g/mol. The van der Waals surface area contributed by atoms with Gasteiger partial charge in [0.2, 0.25) is 0 Å². The molecule has 3 rings (SSSR count). The Hall–Kier alpha value is -1.06. The van der Waals surface area contributed by atoms with Crippen LogP contribution in [0.25, 0.3) is 21.8 Å². The van der Waals surface area contributed by atoms with Gasteiger partial charge in [-0.3, -0.25) is 0 Å². The number of aromatic nitrogens is 1. The van der Waals surface area contributed by atoms with Crippen molar-refractivity contribution in [2.75, 3.05) is 0 Å². The van der Waals surface area contributed by atoms with Crippen molar-refractivity contribution < 1.29 is 0 Å². The zero-order valence-electron chi connectivity index (χ0n) is 11.0. The molecule has 0 radical (unpaired) electrons. The summed E-state index contributed by atoms with van der Waals surface area (Å²) in [7, 11) is 0. The molecule has 0 fully saturated rings. The highest BCUT2D eigenvalue weighted by atomic mass is 79.9. The fraction of sp³-hybridized carbons (Fsp3) is 0.176. The summed E-state index contributed by atoms with van der Waals surface area (Å²) in [5, 5.41) is 2.63. The molecule has 2 aromatic carbocycles. The molecule has 0 aliphatic rings. The van der Waals surface area contributed by atoms with Crippen LogP contribution in [0, 0.1) is 0 Å². The lowest BCUT2D eigenvalue weighted by Crippen LogP contribution is -1.95. The first-order valence-corrected chi connectivity index (χ1v) is 8.42. The van der Waals surface area contributed by atoms with Crippen LogP contribution in [0.1, 0.15) is 5.56 Å². The first-order chi connectivity index (χ1) is 9.70. The topological polar surface area (TPSA) is 4.93 Å². The van der Waals surface area contributed by atoms with Gasteiger partial charge in [0, 0.05) is 28.4 Å². The second kappa shape index (κ2) is 5.74. The maximum Gasteiger partial charge on any atom is 0.0738 e. The van der Waals surface area contributed by atoms with E-state index in [0.717, 1.165) is 13.0 Å². The highest BCUT2D eigenvalue weighted by Crippen LogP contribution is 2.30. The second-order valence-electron chi connectivity index (χ2n) is 4.86. The highest BCUT2D eigenvalue weighted by molar-refractivity contribution is 9.24. The fourth-order valence-corrected chi connectivity index (χ4v) is 3.48. The Kier molecular flexibility index (Phi) is 3.99. The number of hydrogen-bond donors (Lipinski definition) is 0. The Labute approximate surface area is 135 Å². The van der Waals surface area contributed by atoms with Crippen molar-refractivity contribution in [1.82, 2.24) is 4.57 Å². The van der Waals surface area contributed by atoms with Gasteiger partial charge in [-0.25, -0.2) is 0 Å². The SMILES string of the molecule is C=CCn1c2ccccc2c2cc(CC(Br)Br)ccc21. The molecule has 0 bridgehead atoms. The molecule has 1 aromatic heterocycles. The van der Waals surface area contributed by atoms with E-state index in [1.54, 1.807) is 0 Å². The molecule has 20 heavy (non-hydrogen) atoms. The van der Waals surface area contributed by atoms with Crippen LogP contribution in [0.15, 0.2) is 55.1 Å². The Morgan fingerprint density at radius 3 is 2.55 bits per heavy atom. The van der Waals surface area contributed by atoms with Crippen molar-refractivity contribution in [2.45, 2.75) is 16.7 Å². The third kappa shape index (κ3) is 2.45. The lowest BCUT2D eigenvalue weighted by molar-refractivity contribution is 0.901. The van der Waals surface area contributed by atoms with Crippen LogP contribution in [0.2, 0.25) is 0 Å². The van der Waals surface area contributed by atoms with E-state index in [9.17, 15) is 0 Å². The maximum atomic E-state index is 3.87. The summed E-state index contributed by atoms with van der Waals surface area (Å²) in [5.74, 6) is 0. The molecule has 0 N–H and O–H groups in total. The van der Waals surface area contributed by atoms with Crippen LogP contribution in [-0.4, -0.2) is 8.30 Å². The van der Waals surface area contributed by atoms with Crippen molar-refractivity contribution in [3.63, 3.8) is 0 Å². The van der Waals surface area contributed by atoms with Crippen LogP contribution < -0.4 is 0 Å². The number of alkyl halides is 2. The van der Waals surface area contributed by atoms with Gasteiger partial charge in [0.15, 0.2) is 0 Å². The molecule has 0 amide bonds. The molecule has 0 saturated carbocycles. The number of fused-ring (bicyclic) bond motifs is 3. The van der Waals surface area contributed by atoms with Crippen molar-refractivity contribution >= 4 is 53.7 Å². The molecule has 0 unspecified atom stereocenters. The number of halogens is 2. The van der Waals surface area contributed by atoms with Gasteiger partial charge < -0.3 is 4.57 Å². The Morgan fingerprint density at radius 2 is 1.80 bits per heavy atom. The minimum absolute atomic E-state index is 0.314. The molecule has 0 aliphatic heterocycles.